The largest absolute Gasteiger partial charge is 0.444 e. The van der Waals surface area contributed by atoms with Gasteiger partial charge in [-0.2, -0.15) is 0 Å². The van der Waals surface area contributed by atoms with Crippen molar-refractivity contribution in [1.82, 2.24) is 61.7 Å². The zero-order chi connectivity index (χ0) is 67.4. The Morgan fingerprint density at radius 3 is 1.85 bits per heavy atom. The fourth-order valence-electron chi connectivity index (χ4n) is 11.7. The predicted molar refractivity (Wildman–Crippen MR) is 346 cm³/mol. The second-order valence-electron chi connectivity index (χ2n) is 26.0. The van der Waals surface area contributed by atoms with Gasteiger partial charge in [0.15, 0.2) is 5.78 Å². The number of para-hydroxylation sites is 1. The van der Waals surface area contributed by atoms with Gasteiger partial charge < -0.3 is 51.6 Å². The molecule has 4 heterocycles. The van der Waals surface area contributed by atoms with Crippen LogP contribution in [0.4, 0.5) is 9.59 Å². The Morgan fingerprint density at radius 2 is 1.28 bits per heavy atom. The Hall–Kier alpha value is -9.74. The molecule has 0 bridgehead atoms. The molecule has 4 aromatic carbocycles. The first-order valence-electron chi connectivity index (χ1n) is 31.6. The van der Waals surface area contributed by atoms with Crippen LogP contribution < -0.4 is 37.2 Å². The third-order valence-corrected chi connectivity index (χ3v) is 16.5. The lowest BCUT2D eigenvalue weighted by atomic mass is 9.77. The lowest BCUT2D eigenvalue weighted by molar-refractivity contribution is -0.144. The maximum atomic E-state index is 15.8. The van der Waals surface area contributed by atoms with Gasteiger partial charge in [-0.3, -0.25) is 42.9 Å². The molecule has 0 radical (unpaired) electrons. The normalized spacial score (nSPS) is 21.4. The van der Waals surface area contributed by atoms with E-state index in [1.54, 1.807) is 92.8 Å². The minimum atomic E-state index is -1.82. The Bertz CT molecular complexity index is 3580. The smallest absolute Gasteiger partial charge is 0.419 e. The van der Waals surface area contributed by atoms with Crippen LogP contribution in [0.5, 0.6) is 0 Å². The number of aromatic nitrogens is 4. The first kappa shape index (κ1) is 69.2. The highest BCUT2D eigenvalue weighted by atomic mass is 16.6. The summed E-state index contributed by atoms with van der Waals surface area (Å²) in [5, 5.41) is 28.8. The molecule has 494 valence electrons. The monoisotopic (exact) mass is 1270 g/mol. The van der Waals surface area contributed by atoms with Crippen molar-refractivity contribution in [3.63, 3.8) is 0 Å². The van der Waals surface area contributed by atoms with E-state index in [2.05, 4.69) is 47.5 Å². The van der Waals surface area contributed by atoms with E-state index in [0.29, 0.717) is 38.9 Å². The number of amides is 8. The third-order valence-electron chi connectivity index (χ3n) is 16.5. The van der Waals surface area contributed by atoms with Crippen molar-refractivity contribution in [1.29, 1.82) is 0 Å². The summed E-state index contributed by atoms with van der Waals surface area (Å²) < 4.78 is 14.1. The number of ether oxygens (including phenoxy) is 2. The molecule has 24 nitrogen and oxygen atoms in total. The Morgan fingerprint density at radius 1 is 0.699 bits per heavy atom. The molecule has 8 atom stereocenters. The molecule has 7 N–H and O–H groups in total. The van der Waals surface area contributed by atoms with E-state index in [1.807, 2.05) is 91.0 Å². The number of nitrogens with zero attached hydrogens (tertiary/aromatic N) is 5. The summed E-state index contributed by atoms with van der Waals surface area (Å²) in [5.74, 6) is -6.86. The van der Waals surface area contributed by atoms with Gasteiger partial charge in [-0.05, 0) is 109 Å². The first-order valence-corrected chi connectivity index (χ1v) is 31.6. The number of carbonyl (C=O) groups excluding carboxylic acids is 10. The number of benzene rings is 4. The molecule has 2 saturated heterocycles. The van der Waals surface area contributed by atoms with Gasteiger partial charge in [0.05, 0.1) is 36.1 Å². The number of hydrogen-bond acceptors (Lipinski definition) is 14. The summed E-state index contributed by atoms with van der Waals surface area (Å²) in [6.45, 7) is 16.4. The number of nitrogens with one attached hydrogen (secondary N) is 7. The Balaban J connectivity index is 1.22. The van der Waals surface area contributed by atoms with E-state index in [-0.39, 0.29) is 51.6 Å². The number of aryl methyl sites for hydroxylation is 1. The second-order valence-corrected chi connectivity index (χ2v) is 26.0. The summed E-state index contributed by atoms with van der Waals surface area (Å²) in [4.78, 5) is 148. The lowest BCUT2D eigenvalue weighted by Crippen LogP contribution is -2.61. The van der Waals surface area contributed by atoms with E-state index < -0.39 is 137 Å². The van der Waals surface area contributed by atoms with Crippen LogP contribution in [-0.2, 0) is 59.8 Å². The average Bonchev–Trinajstić information content (AvgIpc) is 1.77. The number of fused-ring (bicyclic) bond motifs is 2. The highest BCUT2D eigenvalue weighted by Gasteiger charge is 2.47. The molecule has 0 unspecified atom stereocenters. The van der Waals surface area contributed by atoms with Gasteiger partial charge in [0.2, 0.25) is 41.4 Å². The zero-order valence-corrected chi connectivity index (χ0v) is 54.4. The summed E-state index contributed by atoms with van der Waals surface area (Å²) in [5.41, 5.74) is 0.107. The van der Waals surface area contributed by atoms with Gasteiger partial charge in [-0.15, -0.1) is 5.10 Å². The van der Waals surface area contributed by atoms with Gasteiger partial charge in [0, 0.05) is 43.7 Å². The number of hydrogen-bond donors (Lipinski definition) is 7. The molecular formula is C69H86N12O12. The number of ketones is 1. The molecular weight excluding hydrogens is 1190 g/mol. The van der Waals surface area contributed by atoms with Crippen LogP contribution in [0.1, 0.15) is 141 Å². The Kier molecular flexibility index (Phi) is 22.4. The molecule has 8 rings (SSSR count). The van der Waals surface area contributed by atoms with Crippen LogP contribution in [0.2, 0.25) is 0 Å². The van der Waals surface area contributed by atoms with E-state index in [0.717, 1.165) is 0 Å². The SMILES string of the molecule is CC[C@H](C)[C@@H]1NC(=O)[C@H](CC(=O)NC(c2ccccc2)(c2ccccc2)c2ccccc2)NC(=O)[C@@H](NC(=O)OC(C)(C)C)CC(=O)NCCCC[C@@H](C(C)=O)NC(=O)[C@H](Cc2cn(C(=O)OC(C)(C)C)c3ccccc23)NC(=O)[C@@H]2C[C@H](n3cc(C)nn3)CN2C1=O. The molecule has 2 aliphatic heterocycles. The molecule has 93 heavy (non-hydrogen) atoms. The molecule has 2 aromatic heterocycles. The third kappa shape index (κ3) is 17.7. The van der Waals surface area contributed by atoms with E-state index >= 15 is 19.2 Å². The van der Waals surface area contributed by atoms with Crippen molar-refractivity contribution in [2.24, 2.45) is 5.92 Å². The standard InChI is InChI=1S/C69H86N12O12/c1-11-42(2)59-64(89)79-41-49(81-39-43(3)77-78-81)36-56(79)63(88)73-52(35-45-40-80(66(91)93-68(8,9)10)55-33-22-21-31-50(45)55)60(85)71-51(44(4)82)32-23-24-34-70-57(83)37-54(74-65(90)92-67(5,6)7)61(86)72-53(62(87)75-59)38-58(84)76-69(46-25-15-12-16-26-46,47-27-17-13-18-28-47)48-29-19-14-20-30-48/h12-22,25-31,33,39-40,42,49,51-54,56,59H,11,23-24,32,34-38,41H2,1-10H3,(H,70,83)(H,71,85)(H,72,86)(H,73,88)(H,74,90)(H,75,87)(H,76,84)/t42-,49-,51-,52-,53-,54-,56-,59-/m0/s1. The maximum absolute atomic E-state index is 15.8. The molecule has 24 heteroatoms. The van der Waals surface area contributed by atoms with E-state index in [4.69, 9.17) is 9.47 Å². The Labute approximate surface area is 541 Å². The van der Waals surface area contributed by atoms with Crippen LogP contribution in [0.3, 0.4) is 0 Å². The molecule has 2 fully saturated rings. The van der Waals surface area contributed by atoms with E-state index in [9.17, 15) is 28.8 Å². The van der Waals surface area contributed by atoms with Gasteiger partial charge in [-0.1, -0.05) is 135 Å². The number of rotatable bonds is 13. The van der Waals surface area contributed by atoms with Crippen molar-refractivity contribution in [3.05, 3.63) is 156 Å². The molecule has 2 aliphatic rings. The minimum Gasteiger partial charge on any atom is -0.444 e. The first-order chi connectivity index (χ1) is 44.1. The summed E-state index contributed by atoms with van der Waals surface area (Å²) >= 11 is 0. The molecule has 0 spiro atoms. The number of carbonyl (C=O) groups is 10. The number of Topliss-reactive ketones (excluding diaryl/α,β-unsaturated/α-hetero) is 1. The second kappa shape index (κ2) is 30.1. The average molecular weight is 1280 g/mol. The number of alkyl carbamates (subject to hydrolysis) is 1. The quantitative estimate of drug-likeness (QED) is 0.0619. The van der Waals surface area contributed by atoms with Crippen molar-refractivity contribution in [2.45, 2.75) is 180 Å². The van der Waals surface area contributed by atoms with E-state index in [1.165, 1.54) is 27.3 Å². The lowest BCUT2D eigenvalue weighted by Gasteiger charge is -2.37. The van der Waals surface area contributed by atoms with Crippen molar-refractivity contribution < 1.29 is 57.4 Å². The molecule has 0 aliphatic carbocycles. The summed E-state index contributed by atoms with van der Waals surface area (Å²) in [6, 6.07) is 25.1. The van der Waals surface area contributed by atoms with Crippen LogP contribution >= 0.6 is 0 Å². The fourth-order valence-corrected chi connectivity index (χ4v) is 11.7. The highest BCUT2D eigenvalue weighted by molar-refractivity contribution is 6.00. The summed E-state index contributed by atoms with van der Waals surface area (Å²) in [7, 11) is 0. The van der Waals surface area contributed by atoms with Gasteiger partial charge in [0.1, 0.15) is 47.0 Å². The van der Waals surface area contributed by atoms with Crippen molar-refractivity contribution in [3.8, 4) is 0 Å². The van der Waals surface area contributed by atoms with Crippen molar-refractivity contribution in [2.75, 3.05) is 13.1 Å². The van der Waals surface area contributed by atoms with Gasteiger partial charge in [-0.25, -0.2) is 14.3 Å². The minimum absolute atomic E-state index is 0.0217. The van der Waals surface area contributed by atoms with Gasteiger partial charge >= 0.3 is 12.2 Å². The van der Waals surface area contributed by atoms with Crippen LogP contribution in [0.25, 0.3) is 10.9 Å². The van der Waals surface area contributed by atoms with Crippen LogP contribution in [0.15, 0.2) is 128 Å². The van der Waals surface area contributed by atoms with Crippen molar-refractivity contribution >= 4 is 70.2 Å². The molecule has 6 aromatic rings. The van der Waals surface area contributed by atoms with Gasteiger partial charge in [0.25, 0.3) is 0 Å². The molecule has 0 saturated carbocycles. The maximum Gasteiger partial charge on any atom is 0.419 e. The topological polar surface area (TPSA) is 312 Å². The predicted octanol–water partition coefficient (Wildman–Crippen LogP) is 6.37. The summed E-state index contributed by atoms with van der Waals surface area (Å²) in [6.07, 6.45) is 0.683. The highest BCUT2D eigenvalue weighted by Crippen LogP contribution is 2.37. The van der Waals surface area contributed by atoms with Crippen LogP contribution in [-0.4, -0.2) is 144 Å². The fraction of sp³-hybridized carbons (Fsp3) is 0.449. The molecule has 8 amide bonds. The zero-order valence-electron chi connectivity index (χ0n) is 54.4. The van der Waals surface area contributed by atoms with Crippen LogP contribution in [0, 0.1) is 12.8 Å².